The van der Waals surface area contributed by atoms with Crippen LogP contribution in [0.5, 0.6) is 0 Å². The number of benzene rings is 2. The van der Waals surface area contributed by atoms with Gasteiger partial charge in [0.1, 0.15) is 22.8 Å². The number of imidazole rings is 1. The number of rotatable bonds is 4. The molecule has 0 aliphatic heterocycles. The van der Waals surface area contributed by atoms with Gasteiger partial charge in [-0.1, -0.05) is 12.1 Å². The van der Waals surface area contributed by atoms with Crippen molar-refractivity contribution in [2.45, 2.75) is 12.5 Å². The molecule has 124 valence electrons. The first-order valence-electron chi connectivity index (χ1n) is 7.26. The normalized spacial score (nSPS) is 13.7. The maximum atomic E-state index is 13.6. The fourth-order valence-corrected chi connectivity index (χ4v) is 2.45. The van der Waals surface area contributed by atoms with Crippen molar-refractivity contribution in [2.24, 2.45) is 0 Å². The number of nitrogens with one attached hydrogen (secondary N) is 2. The highest BCUT2D eigenvalue weighted by molar-refractivity contribution is 6.04. The maximum Gasteiger partial charge on any atom is 0.253 e. The summed E-state index contributed by atoms with van der Waals surface area (Å²) in [6.45, 7) is 1.37. The minimum Gasteiger partial charge on any atom is -0.384 e. The summed E-state index contributed by atoms with van der Waals surface area (Å²) in [5.74, 6) is -1.55. The van der Waals surface area contributed by atoms with Crippen LogP contribution in [0.3, 0.4) is 0 Å². The van der Waals surface area contributed by atoms with Crippen LogP contribution < -0.4 is 5.32 Å². The monoisotopic (exact) mass is 331 g/mol. The van der Waals surface area contributed by atoms with Crippen molar-refractivity contribution < 1.29 is 18.7 Å². The summed E-state index contributed by atoms with van der Waals surface area (Å²) < 4.78 is 26.6. The standard InChI is InChI=1S/C17H15F2N3O2/c1-17(24,10-2-4-11(18)5-3-10)8-20-16(23)13-6-12(19)7-14-15(13)22-9-21-14/h2-7,9,24H,8H2,1H3,(H,20,23)(H,21,22). The second kappa shape index (κ2) is 6.01. The molecule has 0 aliphatic carbocycles. The Kier molecular flexibility index (Phi) is 4.02. The zero-order valence-corrected chi connectivity index (χ0v) is 12.8. The molecule has 2 aromatic carbocycles. The molecule has 0 radical (unpaired) electrons. The Morgan fingerprint density at radius 1 is 1.25 bits per heavy atom. The molecule has 1 heterocycles. The summed E-state index contributed by atoms with van der Waals surface area (Å²) >= 11 is 0. The summed E-state index contributed by atoms with van der Waals surface area (Å²) in [6, 6.07) is 7.67. The Hall–Kier alpha value is -2.80. The molecule has 1 aromatic heterocycles. The molecule has 1 unspecified atom stereocenters. The van der Waals surface area contributed by atoms with Gasteiger partial charge in [0.25, 0.3) is 5.91 Å². The third-order valence-electron chi connectivity index (χ3n) is 3.79. The van der Waals surface area contributed by atoms with Gasteiger partial charge in [-0.3, -0.25) is 4.79 Å². The largest absolute Gasteiger partial charge is 0.384 e. The molecule has 3 rings (SSSR count). The van der Waals surface area contributed by atoms with Gasteiger partial charge in [-0.15, -0.1) is 0 Å². The number of aromatic nitrogens is 2. The van der Waals surface area contributed by atoms with Crippen LogP contribution in [0.15, 0.2) is 42.7 Å². The van der Waals surface area contributed by atoms with Crippen molar-refractivity contribution in [1.29, 1.82) is 0 Å². The first-order valence-corrected chi connectivity index (χ1v) is 7.26. The summed E-state index contributed by atoms with van der Waals surface area (Å²) in [5.41, 5.74) is -0.128. The molecule has 0 fully saturated rings. The minimum absolute atomic E-state index is 0.0705. The number of fused-ring (bicyclic) bond motifs is 1. The van der Waals surface area contributed by atoms with E-state index in [4.69, 9.17) is 0 Å². The first-order chi connectivity index (χ1) is 11.4. The van der Waals surface area contributed by atoms with Gasteiger partial charge in [0.15, 0.2) is 0 Å². The Labute approximate surface area is 136 Å². The molecule has 0 saturated carbocycles. The van der Waals surface area contributed by atoms with Crippen LogP contribution in [-0.4, -0.2) is 27.5 Å². The van der Waals surface area contributed by atoms with Crippen LogP contribution in [0.1, 0.15) is 22.8 Å². The molecule has 1 atom stereocenters. The van der Waals surface area contributed by atoms with Gasteiger partial charge in [-0.2, -0.15) is 0 Å². The number of hydrogen-bond acceptors (Lipinski definition) is 3. The first kappa shape index (κ1) is 16.1. The molecule has 0 spiro atoms. The van der Waals surface area contributed by atoms with E-state index in [1.807, 2.05) is 0 Å². The van der Waals surface area contributed by atoms with Crippen LogP contribution in [0, 0.1) is 11.6 Å². The highest BCUT2D eigenvalue weighted by atomic mass is 19.1. The zero-order valence-electron chi connectivity index (χ0n) is 12.8. The number of carbonyl (C=O) groups is 1. The maximum absolute atomic E-state index is 13.6. The average Bonchev–Trinajstić information content (AvgIpc) is 3.00. The van der Waals surface area contributed by atoms with E-state index in [9.17, 15) is 18.7 Å². The molecular formula is C17H15F2N3O2. The molecule has 0 bridgehead atoms. The quantitative estimate of drug-likeness (QED) is 0.687. The lowest BCUT2D eigenvalue weighted by atomic mass is 9.96. The van der Waals surface area contributed by atoms with Crippen molar-refractivity contribution in [1.82, 2.24) is 15.3 Å². The molecule has 0 aliphatic rings. The molecule has 3 aromatic rings. The van der Waals surface area contributed by atoms with Crippen molar-refractivity contribution in [3.63, 3.8) is 0 Å². The number of carbonyl (C=O) groups excluding carboxylic acids is 1. The molecule has 7 heteroatoms. The summed E-state index contributed by atoms with van der Waals surface area (Å²) in [4.78, 5) is 19.1. The molecule has 1 amide bonds. The third-order valence-corrected chi connectivity index (χ3v) is 3.79. The lowest BCUT2D eigenvalue weighted by molar-refractivity contribution is 0.0526. The van der Waals surface area contributed by atoms with Crippen molar-refractivity contribution in [2.75, 3.05) is 6.54 Å². The molecule has 3 N–H and O–H groups in total. The highest BCUT2D eigenvalue weighted by Gasteiger charge is 2.25. The van der Waals surface area contributed by atoms with Crippen molar-refractivity contribution in [3.05, 3.63) is 65.5 Å². The molecule has 5 nitrogen and oxygen atoms in total. The van der Waals surface area contributed by atoms with E-state index in [2.05, 4.69) is 15.3 Å². The number of amides is 1. The predicted octanol–water partition coefficient (Wildman–Crippen LogP) is 2.48. The van der Waals surface area contributed by atoms with Crippen molar-refractivity contribution in [3.8, 4) is 0 Å². The number of aromatic amines is 1. The Morgan fingerprint density at radius 3 is 2.67 bits per heavy atom. The van der Waals surface area contributed by atoms with E-state index >= 15 is 0 Å². The van der Waals surface area contributed by atoms with Crippen LogP contribution in [0.4, 0.5) is 8.78 Å². The predicted molar refractivity (Wildman–Crippen MR) is 84.4 cm³/mol. The SMILES string of the molecule is CC(O)(CNC(=O)c1cc(F)cc2[nH]cnc12)c1ccc(F)cc1. The van der Waals surface area contributed by atoms with E-state index in [-0.39, 0.29) is 12.1 Å². The van der Waals surface area contributed by atoms with Gasteiger partial charge in [0, 0.05) is 0 Å². The van der Waals surface area contributed by atoms with Gasteiger partial charge < -0.3 is 15.4 Å². The van der Waals surface area contributed by atoms with Crippen LogP contribution >= 0.6 is 0 Å². The minimum atomic E-state index is -1.40. The second-order valence-corrected chi connectivity index (χ2v) is 5.72. The van der Waals surface area contributed by atoms with Gasteiger partial charge in [-0.25, -0.2) is 13.8 Å². The zero-order chi connectivity index (χ0) is 17.3. The third kappa shape index (κ3) is 3.11. The van der Waals surface area contributed by atoms with E-state index in [1.54, 1.807) is 0 Å². The molecule has 0 saturated heterocycles. The molecular weight excluding hydrogens is 316 g/mol. The Morgan fingerprint density at radius 2 is 1.96 bits per heavy atom. The molecule has 24 heavy (non-hydrogen) atoms. The van der Waals surface area contributed by atoms with E-state index in [0.29, 0.717) is 16.6 Å². The highest BCUT2D eigenvalue weighted by Crippen LogP contribution is 2.21. The summed E-state index contributed by atoms with van der Waals surface area (Å²) in [5, 5.41) is 13.0. The number of hydrogen-bond donors (Lipinski definition) is 3. The average molecular weight is 331 g/mol. The van der Waals surface area contributed by atoms with Crippen LogP contribution in [0.2, 0.25) is 0 Å². The lowest BCUT2D eigenvalue weighted by Crippen LogP contribution is -2.38. The topological polar surface area (TPSA) is 78.0 Å². The number of aliphatic hydroxyl groups is 1. The number of H-pyrrole nitrogens is 1. The smallest absolute Gasteiger partial charge is 0.253 e. The fourth-order valence-electron chi connectivity index (χ4n) is 2.45. The summed E-state index contributed by atoms with van der Waals surface area (Å²) in [6.07, 6.45) is 1.37. The van der Waals surface area contributed by atoms with Gasteiger partial charge >= 0.3 is 0 Å². The number of nitrogens with zero attached hydrogens (tertiary/aromatic N) is 1. The van der Waals surface area contributed by atoms with Crippen LogP contribution in [-0.2, 0) is 5.60 Å². The van der Waals surface area contributed by atoms with Gasteiger partial charge in [0.2, 0.25) is 0 Å². The van der Waals surface area contributed by atoms with Gasteiger partial charge in [0.05, 0.1) is 24.0 Å². The van der Waals surface area contributed by atoms with E-state index < -0.39 is 23.1 Å². The lowest BCUT2D eigenvalue weighted by Gasteiger charge is -2.24. The van der Waals surface area contributed by atoms with Gasteiger partial charge in [-0.05, 0) is 36.8 Å². The van der Waals surface area contributed by atoms with Crippen LogP contribution in [0.25, 0.3) is 11.0 Å². The Bertz CT molecular complexity index is 888. The summed E-state index contributed by atoms with van der Waals surface area (Å²) in [7, 11) is 0. The fraction of sp³-hybridized carbons (Fsp3) is 0.176. The van der Waals surface area contributed by atoms with Crippen molar-refractivity contribution >= 4 is 16.9 Å². The number of halogens is 2. The van der Waals surface area contributed by atoms with E-state index in [0.717, 1.165) is 6.07 Å². The second-order valence-electron chi connectivity index (χ2n) is 5.72. The Balaban J connectivity index is 1.79. The van der Waals surface area contributed by atoms with E-state index in [1.165, 1.54) is 43.6 Å².